The summed E-state index contributed by atoms with van der Waals surface area (Å²) in [6.07, 6.45) is 0. The van der Waals surface area contributed by atoms with Crippen LogP contribution < -0.4 is 15.4 Å². The van der Waals surface area contributed by atoms with Crippen molar-refractivity contribution in [2.24, 2.45) is 0 Å². The van der Waals surface area contributed by atoms with Gasteiger partial charge in [-0.05, 0) is 29.8 Å². The highest BCUT2D eigenvalue weighted by Crippen LogP contribution is 2.31. The number of nitrogens with one attached hydrogen (secondary N) is 2. The zero-order valence-electron chi connectivity index (χ0n) is 13.4. The maximum atomic E-state index is 13.1. The number of amides is 3. The monoisotopic (exact) mass is 337 g/mol. The summed E-state index contributed by atoms with van der Waals surface area (Å²) in [7, 11) is 1.50. The average Bonchev–Trinajstić information content (AvgIpc) is 2.82. The molecule has 2 aliphatic rings. The van der Waals surface area contributed by atoms with Crippen molar-refractivity contribution in [2.45, 2.75) is 12.6 Å². The van der Waals surface area contributed by atoms with Crippen LogP contribution in [0.1, 0.15) is 15.9 Å². The molecule has 0 spiro atoms. The quantitative estimate of drug-likeness (QED) is 0.774. The minimum Gasteiger partial charge on any atom is -0.497 e. The third-order valence-electron chi connectivity index (χ3n) is 4.40. The Kier molecular flexibility index (Phi) is 3.42. The van der Waals surface area contributed by atoms with Crippen molar-refractivity contribution < 1.29 is 19.1 Å². The molecule has 1 unspecified atom stereocenters. The van der Waals surface area contributed by atoms with Crippen molar-refractivity contribution in [3.05, 3.63) is 53.6 Å². The molecule has 0 saturated heterocycles. The molecular formula is C18H15N3O4. The van der Waals surface area contributed by atoms with Gasteiger partial charge in [0, 0.05) is 12.2 Å². The molecule has 7 nitrogen and oxygen atoms in total. The number of carbonyl (C=O) groups is 3. The summed E-state index contributed by atoms with van der Waals surface area (Å²) in [6.45, 7) is 0.155. The lowest BCUT2D eigenvalue weighted by atomic mass is 10.1. The van der Waals surface area contributed by atoms with Crippen molar-refractivity contribution >= 4 is 29.1 Å². The van der Waals surface area contributed by atoms with Crippen molar-refractivity contribution in [2.75, 3.05) is 17.7 Å². The summed E-state index contributed by atoms with van der Waals surface area (Å²) < 4.78 is 5.17. The van der Waals surface area contributed by atoms with Crippen LogP contribution in [0.5, 0.6) is 5.75 Å². The van der Waals surface area contributed by atoms with Crippen LogP contribution in [0.25, 0.3) is 0 Å². The fourth-order valence-electron chi connectivity index (χ4n) is 3.14. The van der Waals surface area contributed by atoms with Gasteiger partial charge in [-0.3, -0.25) is 14.4 Å². The van der Waals surface area contributed by atoms with Gasteiger partial charge in [0.15, 0.2) is 6.04 Å². The van der Waals surface area contributed by atoms with E-state index in [-0.39, 0.29) is 6.54 Å². The van der Waals surface area contributed by atoms with Crippen LogP contribution in [0.2, 0.25) is 0 Å². The smallest absolute Gasteiger partial charge is 0.257 e. The number of rotatable bonds is 1. The Morgan fingerprint density at radius 3 is 2.48 bits per heavy atom. The first-order valence-corrected chi connectivity index (χ1v) is 7.77. The van der Waals surface area contributed by atoms with E-state index in [2.05, 4.69) is 10.6 Å². The number of carbonyl (C=O) groups excluding carboxylic acids is 3. The molecule has 0 aromatic heterocycles. The molecule has 7 heteroatoms. The van der Waals surface area contributed by atoms with E-state index in [1.54, 1.807) is 30.3 Å². The van der Waals surface area contributed by atoms with Crippen molar-refractivity contribution in [3.63, 3.8) is 0 Å². The molecule has 2 aliphatic heterocycles. The van der Waals surface area contributed by atoms with E-state index in [1.165, 1.54) is 12.0 Å². The predicted molar refractivity (Wildman–Crippen MR) is 90.4 cm³/mol. The van der Waals surface area contributed by atoms with Gasteiger partial charge in [0.05, 0.1) is 18.4 Å². The van der Waals surface area contributed by atoms with Crippen molar-refractivity contribution in [1.82, 2.24) is 4.90 Å². The highest BCUT2D eigenvalue weighted by Gasteiger charge is 2.42. The first-order chi connectivity index (χ1) is 12.1. The van der Waals surface area contributed by atoms with Gasteiger partial charge in [0.1, 0.15) is 5.75 Å². The number of anilines is 2. The van der Waals surface area contributed by atoms with Crippen LogP contribution in [0.3, 0.4) is 0 Å². The molecule has 126 valence electrons. The third kappa shape index (κ3) is 2.40. The SMILES string of the molecule is COc1ccc2c(c1)C(=O)N1Cc3ccccc3NC(=O)C1C(=O)N2. The summed E-state index contributed by atoms with van der Waals surface area (Å²) >= 11 is 0. The first-order valence-electron chi connectivity index (χ1n) is 7.77. The second-order valence-corrected chi connectivity index (χ2v) is 5.88. The Labute approximate surface area is 143 Å². The van der Waals surface area contributed by atoms with Gasteiger partial charge in [0.25, 0.3) is 17.7 Å². The van der Waals surface area contributed by atoms with Gasteiger partial charge in [0.2, 0.25) is 0 Å². The van der Waals surface area contributed by atoms with Crippen LogP contribution >= 0.6 is 0 Å². The van der Waals surface area contributed by atoms with Gasteiger partial charge in [-0.25, -0.2) is 0 Å². The van der Waals surface area contributed by atoms with Gasteiger partial charge >= 0.3 is 0 Å². The Bertz CT molecular complexity index is 909. The van der Waals surface area contributed by atoms with Crippen LogP contribution in [-0.2, 0) is 16.1 Å². The Morgan fingerprint density at radius 2 is 1.72 bits per heavy atom. The minimum absolute atomic E-state index is 0.155. The summed E-state index contributed by atoms with van der Waals surface area (Å²) in [5, 5.41) is 5.40. The molecule has 0 radical (unpaired) electrons. The van der Waals surface area contributed by atoms with Gasteiger partial charge in [-0.1, -0.05) is 18.2 Å². The van der Waals surface area contributed by atoms with E-state index in [9.17, 15) is 14.4 Å². The molecule has 0 fully saturated rings. The first kappa shape index (κ1) is 15.2. The number of nitrogens with zero attached hydrogens (tertiary/aromatic N) is 1. The maximum absolute atomic E-state index is 13.1. The molecular weight excluding hydrogens is 322 g/mol. The Morgan fingerprint density at radius 1 is 1.00 bits per heavy atom. The van der Waals surface area contributed by atoms with Crippen molar-refractivity contribution in [1.29, 1.82) is 0 Å². The fourth-order valence-corrected chi connectivity index (χ4v) is 3.14. The topological polar surface area (TPSA) is 87.7 Å². The fraction of sp³-hybridized carbons (Fsp3) is 0.167. The number of benzene rings is 2. The summed E-state index contributed by atoms with van der Waals surface area (Å²) in [4.78, 5) is 39.6. The zero-order chi connectivity index (χ0) is 17.6. The molecule has 2 aromatic rings. The molecule has 0 aliphatic carbocycles. The largest absolute Gasteiger partial charge is 0.497 e. The van der Waals surface area contributed by atoms with E-state index in [0.29, 0.717) is 22.7 Å². The molecule has 3 amide bonds. The molecule has 0 saturated carbocycles. The molecule has 4 rings (SSSR count). The summed E-state index contributed by atoms with van der Waals surface area (Å²) in [6, 6.07) is 10.8. The van der Waals surface area contributed by atoms with Gasteiger partial charge < -0.3 is 20.3 Å². The number of ether oxygens (including phenoxy) is 1. The second kappa shape index (κ2) is 5.62. The lowest BCUT2D eigenvalue weighted by Crippen LogP contribution is -2.50. The normalized spacial score (nSPS) is 18.8. The number of para-hydroxylation sites is 1. The third-order valence-corrected chi connectivity index (χ3v) is 4.40. The number of hydrogen-bond donors (Lipinski definition) is 2. The predicted octanol–water partition coefficient (Wildman–Crippen LogP) is 1.61. The number of fused-ring (bicyclic) bond motifs is 3. The molecule has 2 N–H and O–H groups in total. The molecule has 1 atom stereocenters. The number of hydrogen-bond acceptors (Lipinski definition) is 4. The second-order valence-electron chi connectivity index (χ2n) is 5.88. The lowest BCUT2D eigenvalue weighted by Gasteiger charge is -2.24. The highest BCUT2D eigenvalue weighted by molar-refractivity contribution is 6.20. The van der Waals surface area contributed by atoms with Crippen LogP contribution in [0.15, 0.2) is 42.5 Å². The van der Waals surface area contributed by atoms with Crippen LogP contribution in [-0.4, -0.2) is 35.8 Å². The summed E-state index contributed by atoms with van der Waals surface area (Å²) in [5.41, 5.74) is 2.03. The lowest BCUT2D eigenvalue weighted by molar-refractivity contribution is -0.130. The molecule has 2 heterocycles. The zero-order valence-corrected chi connectivity index (χ0v) is 13.4. The minimum atomic E-state index is -1.24. The molecule has 2 aromatic carbocycles. The van der Waals surface area contributed by atoms with Crippen LogP contribution in [0, 0.1) is 0 Å². The highest BCUT2D eigenvalue weighted by atomic mass is 16.5. The summed E-state index contributed by atoms with van der Waals surface area (Å²) in [5.74, 6) is -0.971. The van der Waals surface area contributed by atoms with E-state index in [0.717, 1.165) is 5.56 Å². The van der Waals surface area contributed by atoms with E-state index < -0.39 is 23.8 Å². The molecule has 0 bridgehead atoms. The maximum Gasteiger partial charge on any atom is 0.257 e. The van der Waals surface area contributed by atoms with Crippen molar-refractivity contribution in [3.8, 4) is 5.75 Å². The average molecular weight is 337 g/mol. The van der Waals surface area contributed by atoms with E-state index in [1.807, 2.05) is 12.1 Å². The van der Waals surface area contributed by atoms with Gasteiger partial charge in [-0.2, -0.15) is 0 Å². The van der Waals surface area contributed by atoms with Gasteiger partial charge in [-0.15, -0.1) is 0 Å². The van der Waals surface area contributed by atoms with E-state index in [4.69, 9.17) is 4.74 Å². The standard InChI is InChI=1S/C18H15N3O4/c1-25-11-6-7-14-12(8-11)18(24)21-9-10-4-2-3-5-13(10)19-16(22)15(21)17(23)20-14/h2-8,15H,9H2,1H3,(H,19,22)(H,20,23). The van der Waals surface area contributed by atoms with Crippen LogP contribution in [0.4, 0.5) is 11.4 Å². The van der Waals surface area contributed by atoms with E-state index >= 15 is 0 Å². The number of methoxy groups -OCH3 is 1. The molecule has 25 heavy (non-hydrogen) atoms. The Hall–Kier alpha value is -3.35. The Balaban J connectivity index is 1.85.